The molecule has 0 saturated heterocycles. The van der Waals surface area contributed by atoms with Gasteiger partial charge in [-0.3, -0.25) is 0 Å². The molecular weight excluding hydrogens is 200 g/mol. The molecule has 0 aliphatic rings. The molecule has 0 bridgehead atoms. The molecule has 0 radical (unpaired) electrons. The monoisotopic (exact) mass is 230 g/mol. The molecule has 15 heavy (non-hydrogen) atoms. The van der Waals surface area contributed by atoms with E-state index in [9.17, 15) is 0 Å². The van der Waals surface area contributed by atoms with Gasteiger partial charge in [0, 0.05) is 5.25 Å². The van der Waals surface area contributed by atoms with E-state index in [2.05, 4.69) is 31.9 Å². The largest absolute Gasteiger partial charge is 0.162 e. The van der Waals surface area contributed by atoms with E-state index in [1.807, 2.05) is 0 Å². The Bertz CT molecular complexity index is 99.9. The maximum Gasteiger partial charge on any atom is 0.00442 e. The fourth-order valence-electron chi connectivity index (χ4n) is 1.98. The average Bonchev–Trinajstić information content (AvgIpc) is 2.27. The Morgan fingerprint density at radius 1 is 0.733 bits per heavy atom. The first-order chi connectivity index (χ1) is 7.35. The molecule has 0 atom stereocenters. The van der Waals surface area contributed by atoms with Crippen LogP contribution in [-0.2, 0) is 0 Å². The highest BCUT2D eigenvalue weighted by atomic mass is 32.2. The van der Waals surface area contributed by atoms with Crippen LogP contribution >= 0.6 is 11.8 Å². The van der Waals surface area contributed by atoms with Gasteiger partial charge < -0.3 is 0 Å². The highest BCUT2D eigenvalue weighted by Crippen LogP contribution is 2.21. The number of hydrogen-bond donors (Lipinski definition) is 0. The van der Waals surface area contributed by atoms with Crippen LogP contribution in [0, 0.1) is 0 Å². The summed E-state index contributed by atoms with van der Waals surface area (Å²) in [6.07, 6.45) is 16.6. The number of hydrogen-bond acceptors (Lipinski definition) is 1. The van der Waals surface area contributed by atoms with Crippen LogP contribution in [0.25, 0.3) is 0 Å². The second kappa shape index (κ2) is 12.4. The maximum atomic E-state index is 2.29. The Morgan fingerprint density at radius 2 is 1.20 bits per heavy atom. The molecule has 0 saturated carbocycles. The van der Waals surface area contributed by atoms with Crippen molar-refractivity contribution in [3.05, 3.63) is 0 Å². The molecule has 0 aromatic carbocycles. The summed E-state index contributed by atoms with van der Waals surface area (Å²) >= 11 is 2.09. The number of unbranched alkanes of at least 4 members (excludes halogenated alkanes) is 6. The van der Waals surface area contributed by atoms with Gasteiger partial charge in [0.15, 0.2) is 0 Å². The van der Waals surface area contributed by atoms with Crippen molar-refractivity contribution in [2.24, 2.45) is 0 Å². The van der Waals surface area contributed by atoms with E-state index in [-0.39, 0.29) is 0 Å². The summed E-state index contributed by atoms with van der Waals surface area (Å²) in [4.78, 5) is 0. The van der Waals surface area contributed by atoms with Gasteiger partial charge in [-0.25, -0.2) is 0 Å². The van der Waals surface area contributed by atoms with E-state index in [0.29, 0.717) is 0 Å². The van der Waals surface area contributed by atoms with Gasteiger partial charge in [-0.05, 0) is 19.1 Å². The van der Waals surface area contributed by atoms with Crippen molar-refractivity contribution < 1.29 is 0 Å². The Balaban J connectivity index is 3.29. The summed E-state index contributed by atoms with van der Waals surface area (Å²) < 4.78 is 0. The topological polar surface area (TPSA) is 0 Å². The Morgan fingerprint density at radius 3 is 1.53 bits per heavy atom. The zero-order valence-corrected chi connectivity index (χ0v) is 11.9. The fraction of sp³-hybridized carbons (Fsp3) is 1.00. The standard InChI is InChI=1S/C14H30S/c1-4-6-8-10-12-14(15-3)13-11-9-7-5-2/h14H,4-13H2,1-3H3. The first-order valence-electron chi connectivity index (χ1n) is 6.87. The van der Waals surface area contributed by atoms with Gasteiger partial charge in [0.1, 0.15) is 0 Å². The van der Waals surface area contributed by atoms with E-state index in [1.165, 1.54) is 64.2 Å². The van der Waals surface area contributed by atoms with Crippen molar-refractivity contribution in [2.75, 3.05) is 6.26 Å². The lowest BCUT2D eigenvalue weighted by molar-refractivity contribution is 0.564. The number of thioether (sulfide) groups is 1. The lowest BCUT2D eigenvalue weighted by atomic mass is 10.1. The molecule has 1 heteroatoms. The van der Waals surface area contributed by atoms with Crippen molar-refractivity contribution >= 4 is 11.8 Å². The average molecular weight is 230 g/mol. The van der Waals surface area contributed by atoms with Gasteiger partial charge in [0.25, 0.3) is 0 Å². The minimum absolute atomic E-state index is 0.943. The van der Waals surface area contributed by atoms with Crippen LogP contribution in [0.1, 0.15) is 78.1 Å². The fourth-order valence-corrected chi connectivity index (χ4v) is 2.78. The van der Waals surface area contributed by atoms with Crippen molar-refractivity contribution in [2.45, 2.75) is 83.3 Å². The van der Waals surface area contributed by atoms with Crippen LogP contribution in [0.2, 0.25) is 0 Å². The SMILES string of the molecule is CCCCCCC(CCCCCC)SC. The summed E-state index contributed by atoms with van der Waals surface area (Å²) in [5, 5.41) is 0.943. The zero-order chi connectivity index (χ0) is 11.4. The van der Waals surface area contributed by atoms with Crippen molar-refractivity contribution in [1.82, 2.24) is 0 Å². The molecular formula is C14H30S. The van der Waals surface area contributed by atoms with Crippen LogP contribution in [0.3, 0.4) is 0 Å². The zero-order valence-electron chi connectivity index (χ0n) is 11.1. The predicted octanol–water partition coefficient (Wildman–Crippen LogP) is 5.66. The van der Waals surface area contributed by atoms with Gasteiger partial charge in [-0.15, -0.1) is 0 Å². The third kappa shape index (κ3) is 10.6. The van der Waals surface area contributed by atoms with Crippen molar-refractivity contribution in [3.63, 3.8) is 0 Å². The van der Waals surface area contributed by atoms with E-state index in [4.69, 9.17) is 0 Å². The molecule has 0 fully saturated rings. The van der Waals surface area contributed by atoms with Gasteiger partial charge in [-0.1, -0.05) is 65.2 Å². The van der Waals surface area contributed by atoms with Crippen LogP contribution in [0.4, 0.5) is 0 Å². The normalized spacial score (nSPS) is 11.2. The highest BCUT2D eigenvalue weighted by molar-refractivity contribution is 7.99. The molecule has 0 unspecified atom stereocenters. The molecule has 92 valence electrons. The first kappa shape index (κ1) is 15.3. The molecule has 0 N–H and O–H groups in total. The molecule has 0 aliphatic heterocycles. The maximum absolute atomic E-state index is 2.29. The molecule has 0 aliphatic carbocycles. The van der Waals surface area contributed by atoms with Crippen molar-refractivity contribution in [3.8, 4) is 0 Å². The molecule has 0 spiro atoms. The van der Waals surface area contributed by atoms with Crippen LogP contribution in [0.15, 0.2) is 0 Å². The highest BCUT2D eigenvalue weighted by Gasteiger charge is 2.05. The molecule has 0 rings (SSSR count). The smallest absolute Gasteiger partial charge is 0.00442 e. The van der Waals surface area contributed by atoms with E-state index in [1.54, 1.807) is 0 Å². The molecule has 0 nitrogen and oxygen atoms in total. The summed E-state index contributed by atoms with van der Waals surface area (Å²) in [6.45, 7) is 4.58. The molecule has 0 heterocycles. The van der Waals surface area contributed by atoms with Gasteiger partial charge >= 0.3 is 0 Å². The summed E-state index contributed by atoms with van der Waals surface area (Å²) in [6, 6.07) is 0. The third-order valence-electron chi connectivity index (χ3n) is 3.09. The number of rotatable bonds is 11. The lowest BCUT2D eigenvalue weighted by Gasteiger charge is -2.13. The van der Waals surface area contributed by atoms with Crippen LogP contribution < -0.4 is 0 Å². The summed E-state index contributed by atoms with van der Waals surface area (Å²) in [5.41, 5.74) is 0. The summed E-state index contributed by atoms with van der Waals surface area (Å²) in [7, 11) is 0. The third-order valence-corrected chi connectivity index (χ3v) is 4.23. The summed E-state index contributed by atoms with van der Waals surface area (Å²) in [5.74, 6) is 0. The quantitative estimate of drug-likeness (QED) is 0.413. The molecule has 0 aromatic heterocycles. The van der Waals surface area contributed by atoms with Crippen LogP contribution in [0.5, 0.6) is 0 Å². The van der Waals surface area contributed by atoms with Gasteiger partial charge in [0.05, 0.1) is 0 Å². The van der Waals surface area contributed by atoms with Crippen molar-refractivity contribution in [1.29, 1.82) is 0 Å². The second-order valence-corrected chi connectivity index (χ2v) is 5.69. The van der Waals surface area contributed by atoms with E-state index < -0.39 is 0 Å². The minimum atomic E-state index is 0.943. The second-order valence-electron chi connectivity index (χ2n) is 4.56. The molecule has 0 amide bonds. The van der Waals surface area contributed by atoms with E-state index in [0.717, 1.165) is 5.25 Å². The van der Waals surface area contributed by atoms with Crippen LogP contribution in [-0.4, -0.2) is 11.5 Å². The van der Waals surface area contributed by atoms with E-state index >= 15 is 0 Å². The Hall–Kier alpha value is 0.350. The Labute approximate surface area is 102 Å². The lowest BCUT2D eigenvalue weighted by Crippen LogP contribution is -2.01. The van der Waals surface area contributed by atoms with Gasteiger partial charge in [-0.2, -0.15) is 11.8 Å². The van der Waals surface area contributed by atoms with Gasteiger partial charge in [0.2, 0.25) is 0 Å². The molecule has 0 aromatic rings. The Kier molecular flexibility index (Phi) is 12.7. The minimum Gasteiger partial charge on any atom is -0.162 e. The first-order valence-corrected chi connectivity index (χ1v) is 8.16. The predicted molar refractivity (Wildman–Crippen MR) is 74.8 cm³/mol.